The van der Waals surface area contributed by atoms with E-state index in [1.54, 1.807) is 25.1 Å². The summed E-state index contributed by atoms with van der Waals surface area (Å²) >= 11 is 11.0. The van der Waals surface area contributed by atoms with E-state index in [1.165, 1.54) is 0 Å². The normalized spacial score (nSPS) is 12.7. The van der Waals surface area contributed by atoms with Gasteiger partial charge in [-0.15, -0.1) is 0 Å². The van der Waals surface area contributed by atoms with Crippen molar-refractivity contribution in [3.63, 3.8) is 0 Å². The second-order valence-corrected chi connectivity index (χ2v) is 6.51. The van der Waals surface area contributed by atoms with Crippen LogP contribution in [0.1, 0.15) is 33.3 Å². The lowest BCUT2D eigenvalue weighted by Crippen LogP contribution is -2.47. The van der Waals surface area contributed by atoms with Gasteiger partial charge in [0.2, 0.25) is 5.91 Å². The first-order valence-corrected chi connectivity index (χ1v) is 7.06. The van der Waals surface area contributed by atoms with Crippen LogP contribution in [0, 0.1) is 0 Å². The van der Waals surface area contributed by atoms with Crippen LogP contribution in [-0.4, -0.2) is 22.5 Å². The first-order chi connectivity index (χ1) is 9.10. The van der Waals surface area contributed by atoms with Gasteiger partial charge in [0, 0.05) is 16.8 Å². The van der Waals surface area contributed by atoms with Gasteiger partial charge in [0.05, 0.1) is 5.02 Å². The van der Waals surface area contributed by atoms with E-state index >= 15 is 0 Å². The molecule has 1 unspecified atom stereocenters. The Morgan fingerprint density at radius 1 is 1.40 bits per heavy atom. The standard InChI is InChI=1S/C14H20ClN3OS/c1-8(13(19)18-14(2,3)4)17-9-5-6-10(12(16)20)11(15)7-9/h5-8,17H,1-4H3,(H2,16,20)(H,18,19). The molecule has 1 aromatic carbocycles. The van der Waals surface area contributed by atoms with Crippen LogP contribution in [0.5, 0.6) is 0 Å². The number of hydrogen-bond donors (Lipinski definition) is 3. The Hall–Kier alpha value is -1.33. The molecular formula is C14H20ClN3OS. The van der Waals surface area contributed by atoms with E-state index in [0.717, 1.165) is 5.69 Å². The van der Waals surface area contributed by atoms with Crippen molar-refractivity contribution in [2.24, 2.45) is 5.73 Å². The van der Waals surface area contributed by atoms with E-state index in [-0.39, 0.29) is 22.5 Å². The molecule has 1 atom stereocenters. The maximum atomic E-state index is 12.0. The molecule has 0 bridgehead atoms. The number of hydrogen-bond acceptors (Lipinski definition) is 3. The quantitative estimate of drug-likeness (QED) is 0.748. The molecule has 4 nitrogen and oxygen atoms in total. The zero-order chi connectivity index (χ0) is 15.5. The lowest BCUT2D eigenvalue weighted by molar-refractivity contribution is -0.122. The number of amides is 1. The highest BCUT2D eigenvalue weighted by Gasteiger charge is 2.19. The molecule has 4 N–H and O–H groups in total. The third-order valence-electron chi connectivity index (χ3n) is 2.51. The number of anilines is 1. The van der Waals surface area contributed by atoms with Gasteiger partial charge in [0.1, 0.15) is 11.0 Å². The van der Waals surface area contributed by atoms with Crippen molar-refractivity contribution in [3.8, 4) is 0 Å². The third-order valence-corrected chi connectivity index (χ3v) is 3.04. The molecule has 0 fully saturated rings. The summed E-state index contributed by atoms with van der Waals surface area (Å²) in [4.78, 5) is 12.2. The first-order valence-electron chi connectivity index (χ1n) is 6.28. The lowest BCUT2D eigenvalue weighted by atomic mass is 10.1. The first kappa shape index (κ1) is 16.7. The van der Waals surface area contributed by atoms with Gasteiger partial charge in [0.15, 0.2) is 0 Å². The molecule has 110 valence electrons. The molecule has 0 radical (unpaired) electrons. The number of benzene rings is 1. The third kappa shape index (κ3) is 4.98. The molecule has 0 saturated heterocycles. The molecule has 1 rings (SSSR count). The predicted molar refractivity (Wildman–Crippen MR) is 88.3 cm³/mol. The van der Waals surface area contributed by atoms with Gasteiger partial charge in [-0.1, -0.05) is 23.8 Å². The molecule has 0 aliphatic carbocycles. The molecule has 0 heterocycles. The van der Waals surface area contributed by atoms with Gasteiger partial charge in [0.25, 0.3) is 0 Å². The number of nitrogens with two attached hydrogens (primary N) is 1. The van der Waals surface area contributed by atoms with Gasteiger partial charge in [-0.25, -0.2) is 0 Å². The molecule has 0 spiro atoms. The maximum Gasteiger partial charge on any atom is 0.242 e. The van der Waals surface area contributed by atoms with Crippen LogP contribution < -0.4 is 16.4 Å². The van der Waals surface area contributed by atoms with E-state index in [4.69, 9.17) is 29.6 Å². The Labute approximate surface area is 130 Å². The summed E-state index contributed by atoms with van der Waals surface area (Å²) < 4.78 is 0. The summed E-state index contributed by atoms with van der Waals surface area (Å²) in [6, 6.07) is 4.86. The molecule has 1 amide bonds. The number of thiocarbonyl (C=S) groups is 1. The van der Waals surface area contributed by atoms with Crippen LogP contribution in [0.2, 0.25) is 5.02 Å². The summed E-state index contributed by atoms with van der Waals surface area (Å²) in [6.07, 6.45) is 0. The van der Waals surface area contributed by atoms with Crippen LogP contribution in [0.4, 0.5) is 5.69 Å². The van der Waals surface area contributed by atoms with Crippen LogP contribution in [-0.2, 0) is 4.79 Å². The van der Waals surface area contributed by atoms with Crippen LogP contribution in [0.15, 0.2) is 18.2 Å². The molecule has 0 aliphatic rings. The van der Waals surface area contributed by atoms with E-state index < -0.39 is 0 Å². The van der Waals surface area contributed by atoms with Gasteiger partial charge in [-0.2, -0.15) is 0 Å². The number of halogens is 1. The highest BCUT2D eigenvalue weighted by atomic mass is 35.5. The molecular weight excluding hydrogens is 294 g/mol. The van der Waals surface area contributed by atoms with Gasteiger partial charge < -0.3 is 16.4 Å². The van der Waals surface area contributed by atoms with Gasteiger partial charge in [-0.3, -0.25) is 4.79 Å². The minimum Gasteiger partial charge on any atom is -0.389 e. The Kier molecular flexibility index (Phi) is 5.36. The lowest BCUT2D eigenvalue weighted by Gasteiger charge is -2.24. The number of carbonyl (C=O) groups is 1. The molecule has 0 saturated carbocycles. The fraction of sp³-hybridized carbons (Fsp3) is 0.429. The average molecular weight is 314 g/mol. The van der Waals surface area contributed by atoms with E-state index in [2.05, 4.69) is 10.6 Å². The van der Waals surface area contributed by atoms with Crippen molar-refractivity contribution < 1.29 is 4.79 Å². The second-order valence-electron chi connectivity index (χ2n) is 5.66. The zero-order valence-corrected chi connectivity index (χ0v) is 13.7. The Morgan fingerprint density at radius 2 is 2.00 bits per heavy atom. The largest absolute Gasteiger partial charge is 0.389 e. The van der Waals surface area contributed by atoms with E-state index in [1.807, 2.05) is 20.8 Å². The Balaban J connectivity index is 2.76. The van der Waals surface area contributed by atoms with Crippen molar-refractivity contribution in [2.45, 2.75) is 39.3 Å². The van der Waals surface area contributed by atoms with E-state index in [9.17, 15) is 4.79 Å². The summed E-state index contributed by atoms with van der Waals surface area (Å²) in [5.41, 5.74) is 6.65. The molecule has 1 aromatic rings. The number of carbonyl (C=O) groups excluding carboxylic acids is 1. The fourth-order valence-corrected chi connectivity index (χ4v) is 2.11. The minimum absolute atomic E-state index is 0.0768. The summed E-state index contributed by atoms with van der Waals surface area (Å²) in [5, 5.41) is 6.46. The molecule has 6 heteroatoms. The Bertz CT molecular complexity index is 526. The predicted octanol–water partition coefficient (Wildman–Crippen LogP) is 2.69. The number of rotatable bonds is 4. The van der Waals surface area contributed by atoms with Crippen LogP contribution >= 0.6 is 23.8 Å². The highest BCUT2D eigenvalue weighted by Crippen LogP contribution is 2.21. The van der Waals surface area contributed by atoms with Crippen molar-refractivity contribution in [3.05, 3.63) is 28.8 Å². The number of nitrogens with one attached hydrogen (secondary N) is 2. The highest BCUT2D eigenvalue weighted by molar-refractivity contribution is 7.80. The monoisotopic (exact) mass is 313 g/mol. The minimum atomic E-state index is -0.374. The Morgan fingerprint density at radius 3 is 2.45 bits per heavy atom. The summed E-state index contributed by atoms with van der Waals surface area (Å²) in [6.45, 7) is 7.60. The van der Waals surface area contributed by atoms with Crippen LogP contribution in [0.3, 0.4) is 0 Å². The van der Waals surface area contributed by atoms with Crippen molar-refractivity contribution in [2.75, 3.05) is 5.32 Å². The van der Waals surface area contributed by atoms with E-state index in [0.29, 0.717) is 10.6 Å². The molecule has 20 heavy (non-hydrogen) atoms. The topological polar surface area (TPSA) is 67.1 Å². The summed E-state index contributed by atoms with van der Waals surface area (Å²) in [7, 11) is 0. The fourth-order valence-electron chi connectivity index (χ4n) is 1.60. The zero-order valence-electron chi connectivity index (χ0n) is 12.1. The average Bonchev–Trinajstić information content (AvgIpc) is 2.26. The SMILES string of the molecule is CC(Nc1ccc(C(N)=S)c(Cl)c1)C(=O)NC(C)(C)C. The van der Waals surface area contributed by atoms with Crippen molar-refractivity contribution in [1.29, 1.82) is 0 Å². The molecule has 0 aromatic heterocycles. The smallest absolute Gasteiger partial charge is 0.242 e. The second kappa shape index (κ2) is 6.41. The summed E-state index contributed by atoms with van der Waals surface area (Å²) in [5.74, 6) is -0.0768. The van der Waals surface area contributed by atoms with Crippen LogP contribution in [0.25, 0.3) is 0 Å². The molecule has 0 aliphatic heterocycles. The van der Waals surface area contributed by atoms with Crippen molar-refractivity contribution >= 4 is 40.4 Å². The maximum absolute atomic E-state index is 12.0. The van der Waals surface area contributed by atoms with Crippen molar-refractivity contribution in [1.82, 2.24) is 5.32 Å². The van der Waals surface area contributed by atoms with Gasteiger partial charge >= 0.3 is 0 Å². The van der Waals surface area contributed by atoms with Gasteiger partial charge in [-0.05, 0) is 45.9 Å².